The van der Waals surface area contributed by atoms with Crippen molar-refractivity contribution in [3.8, 4) is 5.88 Å². The third-order valence-electron chi connectivity index (χ3n) is 3.37. The molecule has 0 fully saturated rings. The summed E-state index contributed by atoms with van der Waals surface area (Å²) in [6.07, 6.45) is 9.55. The van der Waals surface area contributed by atoms with Crippen LogP contribution in [-0.4, -0.2) is 23.1 Å². The number of aryl methyl sites for hydroxylation is 1. The lowest BCUT2D eigenvalue weighted by Gasteiger charge is -2.10. The van der Waals surface area contributed by atoms with Crippen LogP contribution >= 0.6 is 0 Å². The molecule has 0 atom stereocenters. The summed E-state index contributed by atoms with van der Waals surface area (Å²) in [6, 6.07) is 1.91. The minimum Gasteiger partial charge on any atom is -0.478 e. The van der Waals surface area contributed by atoms with Gasteiger partial charge in [-0.2, -0.15) is 4.98 Å². The summed E-state index contributed by atoms with van der Waals surface area (Å²) in [6.45, 7) is 8.13. The maximum atomic E-state index is 5.78. The van der Waals surface area contributed by atoms with Gasteiger partial charge in [-0.1, -0.05) is 52.9 Å². The fraction of sp³-hybridized carbons (Fsp3) is 0.765. The summed E-state index contributed by atoms with van der Waals surface area (Å²) in [5.74, 6) is 2.42. The lowest BCUT2D eigenvalue weighted by molar-refractivity contribution is 0.292. The predicted octanol–water partition coefficient (Wildman–Crippen LogP) is 4.60. The molecule has 0 bridgehead atoms. The zero-order valence-electron chi connectivity index (χ0n) is 14.0. The number of nitrogens with zero attached hydrogens (tertiary/aromatic N) is 2. The number of ether oxygens (including phenoxy) is 1. The first-order chi connectivity index (χ1) is 10.3. The van der Waals surface area contributed by atoms with Crippen molar-refractivity contribution in [2.45, 2.75) is 72.1 Å². The van der Waals surface area contributed by atoms with Crippen LogP contribution in [0.5, 0.6) is 5.88 Å². The Kier molecular flexibility index (Phi) is 9.58. The molecule has 0 aliphatic heterocycles. The summed E-state index contributed by atoms with van der Waals surface area (Å²) < 4.78 is 5.78. The van der Waals surface area contributed by atoms with Crippen LogP contribution in [0.2, 0.25) is 0 Å². The van der Waals surface area contributed by atoms with Crippen molar-refractivity contribution in [1.82, 2.24) is 9.97 Å². The standard InChI is InChI=1S/C17H31N3O/c1-4-7-8-9-10-11-13-21-17-14-16(18-12-5-2)19-15(6-3)20-17/h14H,4-13H2,1-3H3,(H,18,19,20). The molecule has 1 aromatic rings. The quantitative estimate of drug-likeness (QED) is 0.572. The first kappa shape index (κ1) is 17.7. The van der Waals surface area contributed by atoms with Gasteiger partial charge in [-0.15, -0.1) is 0 Å². The molecular formula is C17H31N3O. The number of aromatic nitrogens is 2. The van der Waals surface area contributed by atoms with Crippen LogP contribution in [0, 0.1) is 0 Å². The molecule has 4 nitrogen and oxygen atoms in total. The van der Waals surface area contributed by atoms with E-state index in [0.29, 0.717) is 5.88 Å². The summed E-state index contributed by atoms with van der Waals surface area (Å²) >= 11 is 0. The van der Waals surface area contributed by atoms with E-state index in [1.807, 2.05) is 6.07 Å². The predicted molar refractivity (Wildman–Crippen MR) is 89.1 cm³/mol. The third kappa shape index (κ3) is 7.88. The molecule has 0 radical (unpaired) electrons. The van der Waals surface area contributed by atoms with Crippen LogP contribution in [0.4, 0.5) is 5.82 Å². The summed E-state index contributed by atoms with van der Waals surface area (Å²) in [5, 5.41) is 3.30. The SMILES string of the molecule is CCCCCCCCOc1cc(NCCC)nc(CC)n1. The van der Waals surface area contributed by atoms with E-state index in [0.717, 1.165) is 44.1 Å². The van der Waals surface area contributed by atoms with E-state index in [1.54, 1.807) is 0 Å². The van der Waals surface area contributed by atoms with Gasteiger partial charge in [0.05, 0.1) is 6.61 Å². The van der Waals surface area contributed by atoms with Crippen LogP contribution in [-0.2, 0) is 6.42 Å². The monoisotopic (exact) mass is 293 g/mol. The van der Waals surface area contributed by atoms with Gasteiger partial charge in [0.2, 0.25) is 5.88 Å². The number of unbranched alkanes of at least 4 members (excludes halogenated alkanes) is 5. The van der Waals surface area contributed by atoms with E-state index in [2.05, 4.69) is 36.1 Å². The van der Waals surface area contributed by atoms with Gasteiger partial charge in [0.1, 0.15) is 11.6 Å². The number of hydrogen-bond acceptors (Lipinski definition) is 4. The van der Waals surface area contributed by atoms with Crippen LogP contribution in [0.3, 0.4) is 0 Å². The summed E-state index contributed by atoms with van der Waals surface area (Å²) in [4.78, 5) is 8.90. The van der Waals surface area contributed by atoms with Gasteiger partial charge in [0, 0.05) is 19.0 Å². The lowest BCUT2D eigenvalue weighted by atomic mass is 10.1. The highest BCUT2D eigenvalue weighted by atomic mass is 16.5. The summed E-state index contributed by atoms with van der Waals surface area (Å²) in [5.41, 5.74) is 0. The molecule has 1 rings (SSSR count). The van der Waals surface area contributed by atoms with Gasteiger partial charge < -0.3 is 10.1 Å². The molecule has 0 aromatic carbocycles. The van der Waals surface area contributed by atoms with Crippen LogP contribution < -0.4 is 10.1 Å². The van der Waals surface area contributed by atoms with Gasteiger partial charge in [-0.25, -0.2) is 4.98 Å². The van der Waals surface area contributed by atoms with Crippen LogP contribution in [0.15, 0.2) is 6.07 Å². The summed E-state index contributed by atoms with van der Waals surface area (Å²) in [7, 11) is 0. The Hall–Kier alpha value is -1.32. The molecular weight excluding hydrogens is 262 g/mol. The maximum absolute atomic E-state index is 5.78. The Morgan fingerprint density at radius 3 is 2.43 bits per heavy atom. The van der Waals surface area contributed by atoms with E-state index in [4.69, 9.17) is 4.74 Å². The number of nitrogens with one attached hydrogen (secondary N) is 1. The molecule has 1 heterocycles. The molecule has 0 aliphatic rings. The molecule has 0 amide bonds. The second kappa shape index (κ2) is 11.4. The van der Waals surface area contributed by atoms with E-state index < -0.39 is 0 Å². The second-order valence-electron chi connectivity index (χ2n) is 5.40. The van der Waals surface area contributed by atoms with Crippen LogP contribution in [0.1, 0.15) is 71.5 Å². The van der Waals surface area contributed by atoms with Crippen molar-refractivity contribution >= 4 is 5.82 Å². The van der Waals surface area contributed by atoms with Gasteiger partial charge >= 0.3 is 0 Å². The highest BCUT2D eigenvalue weighted by Crippen LogP contribution is 2.15. The fourth-order valence-corrected chi connectivity index (χ4v) is 2.11. The number of anilines is 1. The van der Waals surface area contributed by atoms with E-state index in [-0.39, 0.29) is 0 Å². The Morgan fingerprint density at radius 2 is 1.71 bits per heavy atom. The molecule has 4 heteroatoms. The Morgan fingerprint density at radius 1 is 0.952 bits per heavy atom. The fourth-order valence-electron chi connectivity index (χ4n) is 2.11. The van der Waals surface area contributed by atoms with Gasteiger partial charge in [-0.3, -0.25) is 0 Å². The molecule has 120 valence electrons. The van der Waals surface area contributed by atoms with Crippen molar-refractivity contribution in [2.24, 2.45) is 0 Å². The Labute approximate surface area is 129 Å². The van der Waals surface area contributed by atoms with Gasteiger partial charge in [-0.05, 0) is 12.8 Å². The molecule has 21 heavy (non-hydrogen) atoms. The second-order valence-corrected chi connectivity index (χ2v) is 5.40. The van der Waals surface area contributed by atoms with Crippen molar-refractivity contribution in [1.29, 1.82) is 0 Å². The van der Waals surface area contributed by atoms with Crippen molar-refractivity contribution < 1.29 is 4.74 Å². The highest BCUT2D eigenvalue weighted by molar-refractivity contribution is 5.38. The molecule has 1 aromatic heterocycles. The average molecular weight is 293 g/mol. The van der Waals surface area contributed by atoms with E-state index >= 15 is 0 Å². The van der Waals surface area contributed by atoms with Gasteiger partial charge in [0.25, 0.3) is 0 Å². The first-order valence-corrected chi connectivity index (χ1v) is 8.54. The molecule has 0 unspecified atom stereocenters. The topological polar surface area (TPSA) is 47.0 Å². The number of rotatable bonds is 12. The Bertz CT molecular complexity index is 382. The minimum atomic E-state index is 0.703. The van der Waals surface area contributed by atoms with Crippen LogP contribution in [0.25, 0.3) is 0 Å². The molecule has 1 N–H and O–H groups in total. The minimum absolute atomic E-state index is 0.703. The Balaban J connectivity index is 2.35. The first-order valence-electron chi connectivity index (χ1n) is 8.54. The zero-order chi connectivity index (χ0) is 15.3. The average Bonchev–Trinajstić information content (AvgIpc) is 2.51. The van der Waals surface area contributed by atoms with Crippen molar-refractivity contribution in [3.63, 3.8) is 0 Å². The number of hydrogen-bond donors (Lipinski definition) is 1. The molecule has 0 saturated heterocycles. The molecule has 0 spiro atoms. The normalized spacial score (nSPS) is 10.6. The molecule has 0 aliphatic carbocycles. The van der Waals surface area contributed by atoms with Gasteiger partial charge in [0.15, 0.2) is 0 Å². The third-order valence-corrected chi connectivity index (χ3v) is 3.37. The van der Waals surface area contributed by atoms with Crippen molar-refractivity contribution in [2.75, 3.05) is 18.5 Å². The van der Waals surface area contributed by atoms with E-state index in [1.165, 1.54) is 32.1 Å². The highest BCUT2D eigenvalue weighted by Gasteiger charge is 2.04. The zero-order valence-corrected chi connectivity index (χ0v) is 14.0. The smallest absolute Gasteiger partial charge is 0.218 e. The van der Waals surface area contributed by atoms with Crippen molar-refractivity contribution in [3.05, 3.63) is 11.9 Å². The maximum Gasteiger partial charge on any atom is 0.218 e. The molecule has 0 saturated carbocycles. The lowest BCUT2D eigenvalue weighted by Crippen LogP contribution is -2.07. The van der Waals surface area contributed by atoms with E-state index in [9.17, 15) is 0 Å². The largest absolute Gasteiger partial charge is 0.478 e.